The van der Waals surface area contributed by atoms with Gasteiger partial charge in [-0.1, -0.05) is 23.5 Å². The first kappa shape index (κ1) is 16.8. The number of anilines is 1. The minimum absolute atomic E-state index is 0.0275. The molecule has 0 spiro atoms. The second kappa shape index (κ2) is 7.31. The number of carbonyl (C=O) groups is 2. The van der Waals surface area contributed by atoms with E-state index < -0.39 is 0 Å². The number of benzene rings is 1. The molecule has 4 rings (SSSR count). The van der Waals surface area contributed by atoms with Gasteiger partial charge in [-0.25, -0.2) is 4.98 Å². The lowest BCUT2D eigenvalue weighted by Crippen LogP contribution is -2.44. The molecule has 1 aromatic carbocycles. The Hall–Kier alpha value is -1.64. The van der Waals surface area contributed by atoms with Crippen LogP contribution in [0.3, 0.4) is 0 Å². The van der Waals surface area contributed by atoms with Crippen LogP contribution in [-0.2, 0) is 14.3 Å². The molecule has 2 aromatic rings. The molecule has 2 fully saturated rings. The van der Waals surface area contributed by atoms with E-state index in [1.807, 2.05) is 24.3 Å². The van der Waals surface area contributed by atoms with Gasteiger partial charge in [0, 0.05) is 6.61 Å². The van der Waals surface area contributed by atoms with E-state index in [0.29, 0.717) is 23.3 Å². The SMILES string of the molecule is O=C1CSCN1CC(=O)N(C[C@H]1CCCO1)c1nc2ccccc2s1. The molecule has 0 aliphatic carbocycles. The van der Waals surface area contributed by atoms with Crippen molar-refractivity contribution in [2.75, 3.05) is 36.2 Å². The minimum Gasteiger partial charge on any atom is -0.376 e. The Kier molecular flexibility index (Phi) is 4.91. The number of amides is 2. The summed E-state index contributed by atoms with van der Waals surface area (Å²) in [6.45, 7) is 1.34. The molecule has 6 nitrogen and oxygen atoms in total. The number of thiazole rings is 1. The van der Waals surface area contributed by atoms with Crippen molar-refractivity contribution in [3.05, 3.63) is 24.3 Å². The highest BCUT2D eigenvalue weighted by Crippen LogP contribution is 2.30. The Morgan fingerprint density at radius 3 is 3.00 bits per heavy atom. The molecule has 132 valence electrons. The van der Waals surface area contributed by atoms with Crippen LogP contribution in [0.4, 0.5) is 5.13 Å². The third kappa shape index (κ3) is 3.65. The first-order valence-corrected chi connectivity index (χ1v) is 10.3. The summed E-state index contributed by atoms with van der Waals surface area (Å²) in [5.41, 5.74) is 0.889. The summed E-state index contributed by atoms with van der Waals surface area (Å²) in [5.74, 6) is 0.975. The van der Waals surface area contributed by atoms with Crippen LogP contribution < -0.4 is 4.90 Å². The fourth-order valence-corrected chi connectivity index (χ4v) is 4.94. The molecule has 0 saturated carbocycles. The second-order valence-electron chi connectivity index (χ2n) is 6.17. The Morgan fingerprint density at radius 1 is 1.40 bits per heavy atom. The molecule has 1 atom stereocenters. The predicted octanol–water partition coefficient (Wildman–Crippen LogP) is 2.34. The van der Waals surface area contributed by atoms with Gasteiger partial charge in [-0.15, -0.1) is 11.8 Å². The van der Waals surface area contributed by atoms with E-state index in [4.69, 9.17) is 4.74 Å². The largest absolute Gasteiger partial charge is 0.376 e. The summed E-state index contributed by atoms with van der Waals surface area (Å²) < 4.78 is 6.77. The van der Waals surface area contributed by atoms with E-state index in [1.165, 1.54) is 11.3 Å². The van der Waals surface area contributed by atoms with Crippen LogP contribution in [0.2, 0.25) is 0 Å². The molecular weight excluding hydrogens is 358 g/mol. The minimum atomic E-state index is -0.0922. The van der Waals surface area contributed by atoms with Crippen LogP contribution in [0.5, 0.6) is 0 Å². The van der Waals surface area contributed by atoms with Crippen molar-refractivity contribution < 1.29 is 14.3 Å². The first-order chi connectivity index (χ1) is 12.2. The van der Waals surface area contributed by atoms with Crippen molar-refractivity contribution in [3.8, 4) is 0 Å². The van der Waals surface area contributed by atoms with E-state index in [1.54, 1.807) is 21.6 Å². The molecule has 0 unspecified atom stereocenters. The summed E-state index contributed by atoms with van der Waals surface area (Å²) in [4.78, 5) is 32.7. The summed E-state index contributed by atoms with van der Waals surface area (Å²) in [5, 5.41) is 0.681. The van der Waals surface area contributed by atoms with Crippen LogP contribution in [-0.4, -0.2) is 59.1 Å². The van der Waals surface area contributed by atoms with Crippen LogP contribution >= 0.6 is 23.1 Å². The van der Waals surface area contributed by atoms with E-state index in [-0.39, 0.29) is 24.5 Å². The molecule has 25 heavy (non-hydrogen) atoms. The molecule has 2 amide bonds. The van der Waals surface area contributed by atoms with Gasteiger partial charge in [0.05, 0.1) is 34.5 Å². The number of rotatable bonds is 5. The summed E-state index contributed by atoms with van der Waals surface area (Å²) >= 11 is 3.05. The molecule has 8 heteroatoms. The lowest BCUT2D eigenvalue weighted by atomic mass is 10.2. The molecule has 2 aliphatic rings. The van der Waals surface area contributed by atoms with Crippen LogP contribution in [0.1, 0.15) is 12.8 Å². The molecule has 2 saturated heterocycles. The lowest BCUT2D eigenvalue weighted by molar-refractivity contribution is -0.131. The van der Waals surface area contributed by atoms with E-state index >= 15 is 0 Å². The van der Waals surface area contributed by atoms with Gasteiger partial charge in [-0.2, -0.15) is 0 Å². The second-order valence-corrected chi connectivity index (χ2v) is 8.14. The van der Waals surface area contributed by atoms with Crippen molar-refractivity contribution in [3.63, 3.8) is 0 Å². The number of thioether (sulfide) groups is 1. The van der Waals surface area contributed by atoms with Gasteiger partial charge >= 0.3 is 0 Å². The first-order valence-electron chi connectivity index (χ1n) is 8.34. The van der Waals surface area contributed by atoms with Gasteiger partial charge in [0.2, 0.25) is 11.8 Å². The van der Waals surface area contributed by atoms with Crippen molar-refractivity contribution in [1.82, 2.24) is 9.88 Å². The topological polar surface area (TPSA) is 62.7 Å². The van der Waals surface area contributed by atoms with Gasteiger partial charge < -0.3 is 9.64 Å². The van der Waals surface area contributed by atoms with Crippen molar-refractivity contribution in [2.24, 2.45) is 0 Å². The van der Waals surface area contributed by atoms with Crippen molar-refractivity contribution >= 4 is 50.3 Å². The van der Waals surface area contributed by atoms with Gasteiger partial charge in [0.25, 0.3) is 0 Å². The van der Waals surface area contributed by atoms with E-state index in [2.05, 4.69) is 4.98 Å². The van der Waals surface area contributed by atoms with Gasteiger partial charge in [-0.3, -0.25) is 14.5 Å². The van der Waals surface area contributed by atoms with Crippen molar-refractivity contribution in [1.29, 1.82) is 0 Å². The number of hydrogen-bond donors (Lipinski definition) is 0. The van der Waals surface area contributed by atoms with E-state index in [9.17, 15) is 9.59 Å². The number of hydrogen-bond acceptors (Lipinski definition) is 6. The van der Waals surface area contributed by atoms with Crippen molar-refractivity contribution in [2.45, 2.75) is 18.9 Å². The maximum Gasteiger partial charge on any atom is 0.248 e. The highest BCUT2D eigenvalue weighted by molar-refractivity contribution is 8.00. The molecule has 0 bridgehead atoms. The molecule has 2 aliphatic heterocycles. The Labute approximate surface area is 154 Å². The average Bonchev–Trinajstić information content (AvgIpc) is 3.33. The van der Waals surface area contributed by atoms with E-state index in [0.717, 1.165) is 29.7 Å². The summed E-state index contributed by atoms with van der Waals surface area (Å²) in [7, 11) is 0. The predicted molar refractivity (Wildman–Crippen MR) is 100.0 cm³/mol. The average molecular weight is 377 g/mol. The summed E-state index contributed by atoms with van der Waals surface area (Å²) in [6.07, 6.45) is 2.01. The number of nitrogens with zero attached hydrogens (tertiary/aromatic N) is 3. The fraction of sp³-hybridized carbons (Fsp3) is 0.471. The van der Waals surface area contributed by atoms with Crippen LogP contribution in [0.25, 0.3) is 10.2 Å². The maximum absolute atomic E-state index is 12.9. The Morgan fingerprint density at radius 2 is 2.28 bits per heavy atom. The number of fused-ring (bicyclic) bond motifs is 1. The summed E-state index contributed by atoms with van der Waals surface area (Å²) in [6, 6.07) is 7.87. The maximum atomic E-state index is 12.9. The lowest BCUT2D eigenvalue weighted by Gasteiger charge is -2.25. The normalized spacial score (nSPS) is 20.6. The smallest absolute Gasteiger partial charge is 0.248 e. The zero-order chi connectivity index (χ0) is 17.2. The van der Waals surface area contributed by atoms with Crippen LogP contribution in [0, 0.1) is 0 Å². The molecule has 0 N–H and O–H groups in total. The monoisotopic (exact) mass is 377 g/mol. The number of carbonyl (C=O) groups excluding carboxylic acids is 2. The molecule has 0 radical (unpaired) electrons. The zero-order valence-electron chi connectivity index (χ0n) is 13.7. The van der Waals surface area contributed by atoms with Gasteiger partial charge in [0.15, 0.2) is 5.13 Å². The third-order valence-electron chi connectivity index (χ3n) is 4.38. The molecule has 3 heterocycles. The third-order valence-corrected chi connectivity index (χ3v) is 6.38. The molecular formula is C17H19N3O3S2. The number of para-hydroxylation sites is 1. The number of ether oxygens (including phenoxy) is 1. The quantitative estimate of drug-likeness (QED) is 0.800. The highest BCUT2D eigenvalue weighted by Gasteiger charge is 2.30. The fourth-order valence-electron chi connectivity index (χ4n) is 3.04. The van der Waals surface area contributed by atoms with Gasteiger partial charge in [-0.05, 0) is 25.0 Å². The van der Waals surface area contributed by atoms with Crippen LogP contribution in [0.15, 0.2) is 24.3 Å². The standard InChI is InChI=1S/C17H19N3O3S2/c21-15(9-19-11-24-10-16(19)22)20(8-12-4-3-7-23-12)17-18-13-5-1-2-6-14(13)25-17/h1-2,5-6,12H,3-4,7-11H2/t12-/m1/s1. The highest BCUT2D eigenvalue weighted by atomic mass is 32.2. The van der Waals surface area contributed by atoms with Gasteiger partial charge in [0.1, 0.15) is 6.54 Å². The Bertz CT molecular complexity index is 755. The molecule has 1 aromatic heterocycles. The zero-order valence-corrected chi connectivity index (χ0v) is 15.4. The number of aromatic nitrogens is 1. The Balaban J connectivity index is 1.58.